The fourth-order valence-electron chi connectivity index (χ4n) is 2.71. The number of anilines is 1. The van der Waals surface area contributed by atoms with Crippen molar-refractivity contribution < 1.29 is 14.3 Å². The van der Waals surface area contributed by atoms with Gasteiger partial charge in [0.05, 0.1) is 17.3 Å². The first-order chi connectivity index (χ1) is 14.0. The molecule has 3 rings (SSSR count). The van der Waals surface area contributed by atoms with E-state index >= 15 is 0 Å². The summed E-state index contributed by atoms with van der Waals surface area (Å²) in [6.45, 7) is 4.72. The summed E-state index contributed by atoms with van der Waals surface area (Å²) < 4.78 is 11.6. The van der Waals surface area contributed by atoms with Crippen molar-refractivity contribution in [1.82, 2.24) is 0 Å². The van der Waals surface area contributed by atoms with Gasteiger partial charge in [-0.2, -0.15) is 0 Å². The van der Waals surface area contributed by atoms with Crippen molar-refractivity contribution >= 4 is 34.8 Å². The molecule has 0 heterocycles. The van der Waals surface area contributed by atoms with Gasteiger partial charge < -0.3 is 14.8 Å². The quantitative estimate of drug-likeness (QED) is 0.464. The van der Waals surface area contributed by atoms with Gasteiger partial charge in [-0.3, -0.25) is 4.79 Å². The molecule has 6 heteroatoms. The molecule has 0 saturated heterocycles. The maximum Gasteiger partial charge on any atom is 0.255 e. The van der Waals surface area contributed by atoms with E-state index in [-0.39, 0.29) is 12.5 Å². The molecule has 0 radical (unpaired) electrons. The molecule has 0 unspecified atom stereocenters. The highest BCUT2D eigenvalue weighted by Gasteiger charge is 2.13. The van der Waals surface area contributed by atoms with Crippen LogP contribution in [-0.4, -0.2) is 12.5 Å². The number of amides is 1. The summed E-state index contributed by atoms with van der Waals surface area (Å²) in [6.07, 6.45) is 0. The molecule has 4 nitrogen and oxygen atoms in total. The molecule has 0 aromatic heterocycles. The normalized spacial score (nSPS) is 10.5. The van der Waals surface area contributed by atoms with E-state index in [0.29, 0.717) is 33.7 Å². The Morgan fingerprint density at radius 1 is 0.966 bits per heavy atom. The number of carbonyl (C=O) groups is 1. The minimum absolute atomic E-state index is 0.275. The van der Waals surface area contributed by atoms with Crippen LogP contribution in [0.2, 0.25) is 10.0 Å². The molecule has 29 heavy (non-hydrogen) atoms. The lowest BCUT2D eigenvalue weighted by atomic mass is 10.1. The molecule has 0 aliphatic rings. The lowest BCUT2D eigenvalue weighted by Gasteiger charge is -2.14. The molecule has 0 saturated carbocycles. The Kier molecular flexibility index (Phi) is 7.02. The van der Waals surface area contributed by atoms with Crippen molar-refractivity contribution in [3.8, 4) is 11.5 Å². The Bertz CT molecular complexity index is 1000. The Morgan fingerprint density at radius 2 is 1.72 bits per heavy atom. The number of carbonyl (C=O) groups excluding carboxylic acids is 1. The number of benzene rings is 3. The molecule has 3 aromatic carbocycles. The maximum atomic E-state index is 12.7. The van der Waals surface area contributed by atoms with E-state index in [2.05, 4.69) is 5.32 Å². The standard InChI is InChI=1S/C23H21Cl2NO3/c1-3-28-22-11-6-16(23(27)26-21-13-18(24)7-10-20(21)25)12-17(22)14-29-19-8-4-15(2)5-9-19/h4-13H,3,14H2,1-2H3,(H,26,27). The molecule has 3 aromatic rings. The second kappa shape index (κ2) is 9.68. The SMILES string of the molecule is CCOc1ccc(C(=O)Nc2cc(Cl)ccc2Cl)cc1COc1ccc(C)cc1. The van der Waals surface area contributed by atoms with E-state index in [1.807, 2.05) is 38.1 Å². The third kappa shape index (κ3) is 5.66. The third-order valence-corrected chi connectivity index (χ3v) is 4.78. The Hall–Kier alpha value is -2.69. The van der Waals surface area contributed by atoms with Crippen molar-refractivity contribution in [2.75, 3.05) is 11.9 Å². The minimum Gasteiger partial charge on any atom is -0.493 e. The van der Waals surface area contributed by atoms with Gasteiger partial charge in [-0.1, -0.05) is 40.9 Å². The predicted molar refractivity (Wildman–Crippen MR) is 118 cm³/mol. The predicted octanol–water partition coefficient (Wildman–Crippen LogP) is 6.53. The van der Waals surface area contributed by atoms with Gasteiger partial charge in [0.25, 0.3) is 5.91 Å². The van der Waals surface area contributed by atoms with Crippen molar-refractivity contribution in [2.45, 2.75) is 20.5 Å². The zero-order valence-electron chi connectivity index (χ0n) is 16.2. The highest BCUT2D eigenvalue weighted by molar-refractivity contribution is 6.35. The van der Waals surface area contributed by atoms with Gasteiger partial charge in [0.15, 0.2) is 0 Å². The second-order valence-electron chi connectivity index (χ2n) is 6.44. The molecule has 150 valence electrons. The van der Waals surface area contributed by atoms with Gasteiger partial charge in [0, 0.05) is 16.1 Å². The summed E-state index contributed by atoms with van der Waals surface area (Å²) in [7, 11) is 0. The number of aryl methyl sites for hydroxylation is 1. The molecular weight excluding hydrogens is 409 g/mol. The van der Waals surface area contributed by atoms with Crippen LogP contribution in [-0.2, 0) is 6.61 Å². The molecule has 0 aliphatic heterocycles. The molecule has 0 fully saturated rings. The fraction of sp³-hybridized carbons (Fsp3) is 0.174. The van der Waals surface area contributed by atoms with E-state index in [0.717, 1.165) is 16.9 Å². The molecule has 1 N–H and O–H groups in total. The van der Waals surface area contributed by atoms with Crippen molar-refractivity contribution in [3.63, 3.8) is 0 Å². The summed E-state index contributed by atoms with van der Waals surface area (Å²) in [5.41, 5.74) is 2.85. The van der Waals surface area contributed by atoms with Crippen LogP contribution >= 0.6 is 23.2 Å². The summed E-state index contributed by atoms with van der Waals surface area (Å²) in [6, 6.07) is 17.9. The van der Waals surface area contributed by atoms with Crippen LogP contribution in [0.1, 0.15) is 28.4 Å². The third-order valence-electron chi connectivity index (χ3n) is 4.21. The zero-order chi connectivity index (χ0) is 20.8. The van der Waals surface area contributed by atoms with Crippen LogP contribution in [0.4, 0.5) is 5.69 Å². The smallest absolute Gasteiger partial charge is 0.255 e. The minimum atomic E-state index is -0.297. The molecule has 1 amide bonds. The van der Waals surface area contributed by atoms with Gasteiger partial charge in [0.2, 0.25) is 0 Å². The van der Waals surface area contributed by atoms with Crippen molar-refractivity contribution in [1.29, 1.82) is 0 Å². The monoisotopic (exact) mass is 429 g/mol. The number of hydrogen-bond donors (Lipinski definition) is 1. The first-order valence-electron chi connectivity index (χ1n) is 9.18. The largest absolute Gasteiger partial charge is 0.493 e. The first-order valence-corrected chi connectivity index (χ1v) is 9.93. The van der Waals surface area contributed by atoms with Crippen molar-refractivity contribution in [2.24, 2.45) is 0 Å². The first kappa shape index (κ1) is 21.0. The van der Waals surface area contributed by atoms with Gasteiger partial charge in [-0.15, -0.1) is 0 Å². The maximum absolute atomic E-state index is 12.7. The number of nitrogens with one attached hydrogen (secondary N) is 1. The highest BCUT2D eigenvalue weighted by Crippen LogP contribution is 2.27. The Labute approximate surface area is 180 Å². The molecule has 0 aliphatic carbocycles. The number of rotatable bonds is 7. The van der Waals surface area contributed by atoms with E-state index in [4.69, 9.17) is 32.7 Å². The average Bonchev–Trinajstić information content (AvgIpc) is 2.71. The lowest BCUT2D eigenvalue weighted by Crippen LogP contribution is -2.13. The van der Waals surface area contributed by atoms with Gasteiger partial charge in [-0.05, 0) is 62.4 Å². The Balaban J connectivity index is 1.80. The van der Waals surface area contributed by atoms with Crippen LogP contribution in [0.25, 0.3) is 0 Å². The van der Waals surface area contributed by atoms with Crippen LogP contribution < -0.4 is 14.8 Å². The summed E-state index contributed by atoms with van der Waals surface area (Å²) in [5, 5.41) is 3.69. The lowest BCUT2D eigenvalue weighted by molar-refractivity contribution is 0.102. The van der Waals surface area contributed by atoms with E-state index in [9.17, 15) is 4.79 Å². The molecule has 0 spiro atoms. The Morgan fingerprint density at radius 3 is 2.45 bits per heavy atom. The number of hydrogen-bond acceptors (Lipinski definition) is 3. The van der Waals surface area contributed by atoms with Crippen LogP contribution in [0.3, 0.4) is 0 Å². The molecular formula is C23H21Cl2NO3. The van der Waals surface area contributed by atoms with Crippen molar-refractivity contribution in [3.05, 3.63) is 87.4 Å². The topological polar surface area (TPSA) is 47.6 Å². The van der Waals surface area contributed by atoms with Crippen LogP contribution in [0.15, 0.2) is 60.7 Å². The van der Waals surface area contributed by atoms with Gasteiger partial charge in [0.1, 0.15) is 18.1 Å². The molecule has 0 atom stereocenters. The number of ether oxygens (including phenoxy) is 2. The van der Waals surface area contributed by atoms with Gasteiger partial charge in [-0.25, -0.2) is 0 Å². The van der Waals surface area contributed by atoms with Gasteiger partial charge >= 0.3 is 0 Å². The zero-order valence-corrected chi connectivity index (χ0v) is 17.7. The van der Waals surface area contributed by atoms with E-state index < -0.39 is 0 Å². The van der Waals surface area contributed by atoms with E-state index in [1.165, 1.54) is 0 Å². The number of halogens is 2. The second-order valence-corrected chi connectivity index (χ2v) is 7.28. The van der Waals surface area contributed by atoms with Crippen LogP contribution in [0, 0.1) is 6.92 Å². The summed E-state index contributed by atoms with van der Waals surface area (Å²) in [5.74, 6) is 1.13. The van der Waals surface area contributed by atoms with E-state index in [1.54, 1.807) is 36.4 Å². The highest BCUT2D eigenvalue weighted by atomic mass is 35.5. The summed E-state index contributed by atoms with van der Waals surface area (Å²) >= 11 is 12.1. The van der Waals surface area contributed by atoms with Crippen LogP contribution in [0.5, 0.6) is 11.5 Å². The molecule has 0 bridgehead atoms. The fourth-order valence-corrected chi connectivity index (χ4v) is 3.05. The summed E-state index contributed by atoms with van der Waals surface area (Å²) in [4.78, 5) is 12.7. The average molecular weight is 430 g/mol.